The minimum absolute atomic E-state index is 0.157. The van der Waals surface area contributed by atoms with Crippen LogP contribution in [0, 0.1) is 0 Å². The number of hydrogen-bond donors (Lipinski definition) is 2. The van der Waals surface area contributed by atoms with Crippen LogP contribution < -0.4 is 5.32 Å². The normalized spacial score (nSPS) is 11.7. The van der Waals surface area contributed by atoms with Crippen LogP contribution in [0.15, 0.2) is 54.6 Å². The first kappa shape index (κ1) is 13.8. The first-order valence-electron chi connectivity index (χ1n) is 6.23. The topological polar surface area (TPSA) is 66.4 Å². The second-order valence-corrected chi connectivity index (χ2v) is 4.49. The van der Waals surface area contributed by atoms with Crippen LogP contribution in [0.3, 0.4) is 0 Å². The zero-order chi connectivity index (χ0) is 14.5. The molecule has 0 aliphatic carbocycles. The minimum atomic E-state index is -0.900. The molecule has 1 atom stereocenters. The second kappa shape index (κ2) is 6.02. The first-order chi connectivity index (χ1) is 9.58. The van der Waals surface area contributed by atoms with E-state index in [9.17, 15) is 14.7 Å². The fourth-order valence-corrected chi connectivity index (χ4v) is 2.09. The Morgan fingerprint density at radius 1 is 0.950 bits per heavy atom. The number of carboxylic acid groups (broad SMARTS) is 1. The maximum atomic E-state index is 11.5. The van der Waals surface area contributed by atoms with Crippen LogP contribution in [-0.2, 0) is 9.59 Å². The highest BCUT2D eigenvalue weighted by Crippen LogP contribution is 2.26. The third-order valence-electron chi connectivity index (χ3n) is 2.94. The van der Waals surface area contributed by atoms with Gasteiger partial charge >= 0.3 is 5.97 Å². The van der Waals surface area contributed by atoms with E-state index in [4.69, 9.17) is 0 Å². The molecule has 0 radical (unpaired) electrons. The zero-order valence-electron chi connectivity index (χ0n) is 11.0. The Hall–Kier alpha value is -2.62. The molecule has 2 aromatic rings. The SMILES string of the molecule is CC(=O)Nc1ccc(C(C(=O)O)c2ccccc2)cc1. The van der Waals surface area contributed by atoms with Crippen molar-refractivity contribution in [3.63, 3.8) is 0 Å². The second-order valence-electron chi connectivity index (χ2n) is 4.49. The van der Waals surface area contributed by atoms with Gasteiger partial charge in [-0.1, -0.05) is 42.5 Å². The van der Waals surface area contributed by atoms with Crippen molar-refractivity contribution in [2.24, 2.45) is 0 Å². The van der Waals surface area contributed by atoms with Crippen molar-refractivity contribution in [3.05, 3.63) is 65.7 Å². The molecule has 1 amide bonds. The summed E-state index contributed by atoms with van der Waals surface area (Å²) in [7, 11) is 0. The highest BCUT2D eigenvalue weighted by atomic mass is 16.4. The number of nitrogens with one attached hydrogen (secondary N) is 1. The maximum absolute atomic E-state index is 11.5. The van der Waals surface area contributed by atoms with Crippen molar-refractivity contribution in [1.82, 2.24) is 0 Å². The van der Waals surface area contributed by atoms with Crippen molar-refractivity contribution < 1.29 is 14.7 Å². The van der Waals surface area contributed by atoms with Gasteiger partial charge in [-0.3, -0.25) is 9.59 Å². The van der Waals surface area contributed by atoms with E-state index in [1.54, 1.807) is 36.4 Å². The Morgan fingerprint density at radius 2 is 1.50 bits per heavy atom. The summed E-state index contributed by atoms with van der Waals surface area (Å²) in [5.41, 5.74) is 2.06. The molecule has 2 aromatic carbocycles. The molecular formula is C16H15NO3. The molecule has 0 aliphatic heterocycles. The van der Waals surface area contributed by atoms with E-state index in [0.717, 1.165) is 5.56 Å². The van der Waals surface area contributed by atoms with Gasteiger partial charge in [-0.25, -0.2) is 0 Å². The summed E-state index contributed by atoms with van der Waals surface area (Å²) >= 11 is 0. The molecule has 0 heterocycles. The largest absolute Gasteiger partial charge is 0.481 e. The van der Waals surface area contributed by atoms with Gasteiger partial charge in [-0.2, -0.15) is 0 Å². The van der Waals surface area contributed by atoms with Gasteiger partial charge in [0.2, 0.25) is 5.91 Å². The predicted octanol–water partition coefficient (Wildman–Crippen LogP) is 2.86. The van der Waals surface area contributed by atoms with E-state index in [0.29, 0.717) is 11.3 Å². The summed E-state index contributed by atoms with van der Waals surface area (Å²) < 4.78 is 0. The molecule has 0 aromatic heterocycles. The summed E-state index contributed by atoms with van der Waals surface area (Å²) in [5, 5.41) is 12.1. The van der Waals surface area contributed by atoms with Crippen molar-refractivity contribution in [2.75, 3.05) is 5.32 Å². The van der Waals surface area contributed by atoms with E-state index >= 15 is 0 Å². The van der Waals surface area contributed by atoms with Gasteiger partial charge in [0.1, 0.15) is 5.92 Å². The highest BCUT2D eigenvalue weighted by molar-refractivity contribution is 5.88. The average Bonchev–Trinajstić information content (AvgIpc) is 2.41. The van der Waals surface area contributed by atoms with E-state index in [1.165, 1.54) is 6.92 Å². The van der Waals surface area contributed by atoms with E-state index in [2.05, 4.69) is 5.32 Å². The van der Waals surface area contributed by atoms with Crippen LogP contribution in [0.4, 0.5) is 5.69 Å². The lowest BCUT2D eigenvalue weighted by Gasteiger charge is -2.14. The highest BCUT2D eigenvalue weighted by Gasteiger charge is 2.21. The molecule has 102 valence electrons. The van der Waals surface area contributed by atoms with Crippen molar-refractivity contribution >= 4 is 17.6 Å². The van der Waals surface area contributed by atoms with Gasteiger partial charge in [-0.05, 0) is 23.3 Å². The molecule has 0 bridgehead atoms. The smallest absolute Gasteiger partial charge is 0.315 e. The molecule has 0 spiro atoms. The molecule has 20 heavy (non-hydrogen) atoms. The van der Waals surface area contributed by atoms with Crippen LogP contribution in [0.1, 0.15) is 24.0 Å². The van der Waals surface area contributed by atoms with Crippen LogP contribution in [0.5, 0.6) is 0 Å². The Morgan fingerprint density at radius 3 is 2.00 bits per heavy atom. The standard InChI is InChI=1S/C16H15NO3/c1-11(18)17-14-9-7-13(8-10-14)15(16(19)20)12-5-3-2-4-6-12/h2-10,15H,1H3,(H,17,18)(H,19,20). The van der Waals surface area contributed by atoms with E-state index in [1.807, 2.05) is 18.2 Å². The van der Waals surface area contributed by atoms with Crippen LogP contribution in [0.2, 0.25) is 0 Å². The van der Waals surface area contributed by atoms with Crippen molar-refractivity contribution in [1.29, 1.82) is 0 Å². The van der Waals surface area contributed by atoms with Crippen molar-refractivity contribution in [2.45, 2.75) is 12.8 Å². The number of aliphatic carboxylic acids is 1. The lowest BCUT2D eigenvalue weighted by Crippen LogP contribution is -2.13. The first-order valence-corrected chi connectivity index (χ1v) is 6.23. The number of benzene rings is 2. The van der Waals surface area contributed by atoms with Gasteiger partial charge in [0.15, 0.2) is 0 Å². The fraction of sp³-hybridized carbons (Fsp3) is 0.125. The Labute approximate surface area is 117 Å². The third kappa shape index (κ3) is 3.23. The lowest BCUT2D eigenvalue weighted by molar-refractivity contribution is -0.137. The predicted molar refractivity (Wildman–Crippen MR) is 76.7 cm³/mol. The number of carboxylic acids is 1. The average molecular weight is 269 g/mol. The number of amides is 1. The Bertz CT molecular complexity index is 605. The maximum Gasteiger partial charge on any atom is 0.315 e. The van der Waals surface area contributed by atoms with Crippen LogP contribution in [0.25, 0.3) is 0 Å². The van der Waals surface area contributed by atoms with Gasteiger partial charge in [-0.15, -0.1) is 0 Å². The molecule has 0 aliphatic rings. The Kier molecular flexibility index (Phi) is 4.15. The van der Waals surface area contributed by atoms with Gasteiger partial charge < -0.3 is 10.4 Å². The number of carbonyl (C=O) groups excluding carboxylic acids is 1. The summed E-state index contributed by atoms with van der Waals surface area (Å²) in [6.07, 6.45) is 0. The van der Waals surface area contributed by atoms with Gasteiger partial charge in [0.05, 0.1) is 0 Å². The van der Waals surface area contributed by atoms with Gasteiger partial charge in [0.25, 0.3) is 0 Å². The number of rotatable bonds is 4. The Balaban J connectivity index is 2.31. The van der Waals surface area contributed by atoms with E-state index < -0.39 is 11.9 Å². The summed E-state index contributed by atoms with van der Waals surface area (Å²) in [6.45, 7) is 1.43. The molecule has 2 rings (SSSR count). The lowest BCUT2D eigenvalue weighted by atomic mass is 9.91. The third-order valence-corrected chi connectivity index (χ3v) is 2.94. The molecule has 1 unspecified atom stereocenters. The zero-order valence-corrected chi connectivity index (χ0v) is 11.0. The fourth-order valence-electron chi connectivity index (χ4n) is 2.09. The summed E-state index contributed by atoms with van der Waals surface area (Å²) in [6, 6.07) is 15.9. The molecule has 0 fully saturated rings. The monoisotopic (exact) mass is 269 g/mol. The number of carbonyl (C=O) groups is 2. The summed E-state index contributed by atoms with van der Waals surface area (Å²) in [4.78, 5) is 22.4. The van der Waals surface area contributed by atoms with Crippen LogP contribution >= 0.6 is 0 Å². The van der Waals surface area contributed by atoms with Crippen LogP contribution in [-0.4, -0.2) is 17.0 Å². The molecule has 4 nitrogen and oxygen atoms in total. The quantitative estimate of drug-likeness (QED) is 0.896. The summed E-state index contributed by atoms with van der Waals surface area (Å²) in [5.74, 6) is -1.76. The van der Waals surface area contributed by atoms with Crippen molar-refractivity contribution in [3.8, 4) is 0 Å². The molecule has 4 heteroatoms. The van der Waals surface area contributed by atoms with Gasteiger partial charge in [0, 0.05) is 12.6 Å². The minimum Gasteiger partial charge on any atom is -0.481 e. The molecule has 0 saturated heterocycles. The molecule has 2 N–H and O–H groups in total. The number of hydrogen-bond acceptors (Lipinski definition) is 2. The molecular weight excluding hydrogens is 254 g/mol. The van der Waals surface area contributed by atoms with E-state index in [-0.39, 0.29) is 5.91 Å². The molecule has 0 saturated carbocycles. The number of anilines is 1.